The molecule has 0 unspecified atom stereocenters. The van der Waals surface area contributed by atoms with E-state index in [0.717, 1.165) is 82.7 Å². The van der Waals surface area contributed by atoms with Gasteiger partial charge in [0.2, 0.25) is 5.91 Å². The molecule has 1 amide bonds. The van der Waals surface area contributed by atoms with Crippen molar-refractivity contribution in [3.8, 4) is 0 Å². The molecule has 2 aliphatic rings. The summed E-state index contributed by atoms with van der Waals surface area (Å²) >= 11 is 0. The number of rotatable bonds is 6. The fourth-order valence-corrected chi connectivity index (χ4v) is 3.68. The minimum absolute atomic E-state index is 0.118. The number of amides is 1. The summed E-state index contributed by atoms with van der Waals surface area (Å²) in [7, 11) is 0. The number of hydrogen-bond donors (Lipinski definition) is 0. The van der Waals surface area contributed by atoms with E-state index in [1.165, 1.54) is 5.56 Å². The third-order valence-electron chi connectivity index (χ3n) is 5.17. The summed E-state index contributed by atoms with van der Waals surface area (Å²) in [6.07, 6.45) is 1.92. The van der Waals surface area contributed by atoms with Gasteiger partial charge in [-0.1, -0.05) is 6.92 Å². The Morgan fingerprint density at radius 2 is 1.88 bits per heavy atom. The zero-order valence-corrected chi connectivity index (χ0v) is 16.3. The van der Waals surface area contributed by atoms with Crippen molar-refractivity contribution < 1.29 is 9.53 Å². The standard InChI is InChI=1S/C19H31N5O2/c1-4-12-26-13-11-22-7-9-23(10-8-22)19-17-5-6-24(16(3)25)14-18(17)20-15(2)21-19/h4-14H2,1-3H3. The lowest BCUT2D eigenvalue weighted by atomic mass is 10.0. The van der Waals surface area contributed by atoms with E-state index in [-0.39, 0.29) is 5.91 Å². The summed E-state index contributed by atoms with van der Waals surface area (Å²) in [5.41, 5.74) is 2.25. The van der Waals surface area contributed by atoms with E-state index in [1.54, 1.807) is 6.92 Å². The SMILES string of the molecule is CCCOCCN1CCN(c2nc(C)nc3c2CCN(C(C)=O)C3)CC1. The molecule has 0 N–H and O–H groups in total. The molecule has 0 aliphatic carbocycles. The predicted octanol–water partition coefficient (Wildman–Crippen LogP) is 1.24. The smallest absolute Gasteiger partial charge is 0.219 e. The third kappa shape index (κ3) is 4.51. The number of carbonyl (C=O) groups is 1. The van der Waals surface area contributed by atoms with Gasteiger partial charge in [-0.3, -0.25) is 9.69 Å². The quantitative estimate of drug-likeness (QED) is 0.711. The Kier molecular flexibility index (Phi) is 6.43. The second kappa shape index (κ2) is 8.77. The highest BCUT2D eigenvalue weighted by molar-refractivity contribution is 5.73. The van der Waals surface area contributed by atoms with Crippen molar-refractivity contribution in [2.24, 2.45) is 0 Å². The number of hydrogen-bond acceptors (Lipinski definition) is 6. The number of nitrogens with zero attached hydrogens (tertiary/aromatic N) is 5. The summed E-state index contributed by atoms with van der Waals surface area (Å²) in [6.45, 7) is 13.8. The first-order chi connectivity index (χ1) is 12.6. The maximum Gasteiger partial charge on any atom is 0.219 e. The van der Waals surface area contributed by atoms with Crippen molar-refractivity contribution in [2.45, 2.75) is 40.2 Å². The van der Waals surface area contributed by atoms with Crippen molar-refractivity contribution in [3.05, 3.63) is 17.1 Å². The van der Waals surface area contributed by atoms with Gasteiger partial charge in [0.05, 0.1) is 18.8 Å². The molecule has 26 heavy (non-hydrogen) atoms. The van der Waals surface area contributed by atoms with Gasteiger partial charge in [-0.25, -0.2) is 9.97 Å². The first-order valence-electron chi connectivity index (χ1n) is 9.75. The summed E-state index contributed by atoms with van der Waals surface area (Å²) < 4.78 is 5.61. The lowest BCUT2D eigenvalue weighted by molar-refractivity contribution is -0.129. The molecule has 1 saturated heterocycles. The number of piperazine rings is 1. The molecular weight excluding hydrogens is 330 g/mol. The Bertz CT molecular complexity index is 629. The molecule has 0 radical (unpaired) electrons. The number of aromatic nitrogens is 2. The summed E-state index contributed by atoms with van der Waals surface area (Å²) in [5.74, 6) is 1.99. The molecule has 2 aliphatic heterocycles. The van der Waals surface area contributed by atoms with Gasteiger partial charge in [-0.2, -0.15) is 0 Å². The molecule has 144 valence electrons. The van der Waals surface area contributed by atoms with E-state index in [0.29, 0.717) is 6.54 Å². The normalized spacial score (nSPS) is 18.1. The molecule has 0 saturated carbocycles. The van der Waals surface area contributed by atoms with Crippen LogP contribution in [0.4, 0.5) is 5.82 Å². The van der Waals surface area contributed by atoms with Crippen molar-refractivity contribution in [3.63, 3.8) is 0 Å². The van der Waals surface area contributed by atoms with Crippen LogP contribution in [0.2, 0.25) is 0 Å². The Balaban J connectivity index is 1.63. The molecule has 3 heterocycles. The van der Waals surface area contributed by atoms with Gasteiger partial charge in [0, 0.05) is 58.4 Å². The molecule has 7 heteroatoms. The van der Waals surface area contributed by atoms with Gasteiger partial charge in [-0.05, 0) is 19.8 Å². The van der Waals surface area contributed by atoms with Crippen LogP contribution < -0.4 is 4.90 Å². The van der Waals surface area contributed by atoms with E-state index in [9.17, 15) is 4.79 Å². The lowest BCUT2D eigenvalue weighted by Crippen LogP contribution is -2.48. The van der Waals surface area contributed by atoms with E-state index in [4.69, 9.17) is 9.72 Å². The van der Waals surface area contributed by atoms with Crippen LogP contribution in [0.25, 0.3) is 0 Å². The number of aryl methyl sites for hydroxylation is 1. The van der Waals surface area contributed by atoms with Crippen molar-refractivity contribution in [1.29, 1.82) is 0 Å². The van der Waals surface area contributed by atoms with E-state index < -0.39 is 0 Å². The maximum atomic E-state index is 11.7. The highest BCUT2D eigenvalue weighted by atomic mass is 16.5. The van der Waals surface area contributed by atoms with E-state index >= 15 is 0 Å². The number of ether oxygens (including phenoxy) is 1. The monoisotopic (exact) mass is 361 g/mol. The minimum atomic E-state index is 0.118. The van der Waals surface area contributed by atoms with Gasteiger partial charge >= 0.3 is 0 Å². The largest absolute Gasteiger partial charge is 0.380 e. The number of anilines is 1. The summed E-state index contributed by atoms with van der Waals surface area (Å²) in [6, 6.07) is 0. The maximum absolute atomic E-state index is 11.7. The van der Waals surface area contributed by atoms with Gasteiger partial charge < -0.3 is 14.5 Å². The lowest BCUT2D eigenvalue weighted by Gasteiger charge is -2.37. The second-order valence-corrected chi connectivity index (χ2v) is 7.15. The minimum Gasteiger partial charge on any atom is -0.380 e. The van der Waals surface area contributed by atoms with Crippen LogP contribution >= 0.6 is 0 Å². The molecule has 0 spiro atoms. The molecule has 7 nitrogen and oxygen atoms in total. The van der Waals surface area contributed by atoms with Crippen LogP contribution in [0.3, 0.4) is 0 Å². The molecule has 3 rings (SSSR count). The third-order valence-corrected chi connectivity index (χ3v) is 5.17. The fourth-order valence-electron chi connectivity index (χ4n) is 3.68. The van der Waals surface area contributed by atoms with Gasteiger partial charge in [0.25, 0.3) is 0 Å². The van der Waals surface area contributed by atoms with E-state index in [1.807, 2.05) is 11.8 Å². The average Bonchev–Trinajstić information content (AvgIpc) is 2.64. The highest BCUT2D eigenvalue weighted by Gasteiger charge is 2.27. The molecular formula is C19H31N5O2. The first-order valence-corrected chi connectivity index (χ1v) is 9.75. The summed E-state index contributed by atoms with van der Waals surface area (Å²) in [4.78, 5) is 27.8. The van der Waals surface area contributed by atoms with Crippen LogP contribution in [0.5, 0.6) is 0 Å². The topological polar surface area (TPSA) is 61.8 Å². The molecule has 1 aromatic rings. The summed E-state index contributed by atoms with van der Waals surface area (Å²) in [5, 5.41) is 0. The molecule has 0 bridgehead atoms. The number of fused-ring (bicyclic) bond motifs is 1. The van der Waals surface area contributed by atoms with Crippen LogP contribution in [0.1, 0.15) is 37.4 Å². The molecule has 1 aromatic heterocycles. The highest BCUT2D eigenvalue weighted by Crippen LogP contribution is 2.27. The average molecular weight is 361 g/mol. The molecule has 0 atom stereocenters. The molecule has 1 fully saturated rings. The van der Waals surface area contributed by atoms with Crippen LogP contribution in [0.15, 0.2) is 0 Å². The van der Waals surface area contributed by atoms with Gasteiger partial charge in [-0.15, -0.1) is 0 Å². The van der Waals surface area contributed by atoms with Gasteiger partial charge in [0.1, 0.15) is 11.6 Å². The Morgan fingerprint density at radius 1 is 1.12 bits per heavy atom. The van der Waals surface area contributed by atoms with Gasteiger partial charge in [0.15, 0.2) is 0 Å². The Labute approximate surface area is 156 Å². The molecule has 0 aromatic carbocycles. The zero-order chi connectivity index (χ0) is 18.5. The van der Waals surface area contributed by atoms with Crippen LogP contribution in [0, 0.1) is 6.92 Å². The van der Waals surface area contributed by atoms with Crippen molar-refractivity contribution >= 4 is 11.7 Å². The Hall–Kier alpha value is -1.73. The Morgan fingerprint density at radius 3 is 2.58 bits per heavy atom. The second-order valence-electron chi connectivity index (χ2n) is 7.15. The zero-order valence-electron chi connectivity index (χ0n) is 16.3. The predicted molar refractivity (Wildman–Crippen MR) is 101 cm³/mol. The van der Waals surface area contributed by atoms with Crippen LogP contribution in [-0.2, 0) is 22.5 Å². The van der Waals surface area contributed by atoms with Crippen LogP contribution in [-0.4, -0.2) is 78.2 Å². The van der Waals surface area contributed by atoms with E-state index in [2.05, 4.69) is 21.7 Å². The number of carbonyl (C=O) groups excluding carboxylic acids is 1. The fraction of sp³-hybridized carbons (Fsp3) is 0.737. The first kappa shape index (κ1) is 19.0. The van der Waals surface area contributed by atoms with Crippen molar-refractivity contribution in [1.82, 2.24) is 19.8 Å². The van der Waals surface area contributed by atoms with Crippen molar-refractivity contribution in [2.75, 3.05) is 57.4 Å².